The molecule has 0 saturated heterocycles. The zero-order valence-corrected chi connectivity index (χ0v) is 12.1. The molecular weight excluding hydrogens is 274 g/mol. The number of aromatic amines is 1. The molecule has 5 nitrogen and oxygen atoms in total. The van der Waals surface area contributed by atoms with Crippen molar-refractivity contribution in [2.45, 2.75) is 13.5 Å². The van der Waals surface area contributed by atoms with Gasteiger partial charge in [0.05, 0.1) is 12.1 Å². The minimum atomic E-state index is -0.162. The number of nitrogens with zero attached hydrogens (tertiary/aromatic N) is 2. The van der Waals surface area contributed by atoms with Crippen LogP contribution in [-0.2, 0) is 11.3 Å². The highest BCUT2D eigenvalue weighted by Gasteiger charge is 2.09. The quantitative estimate of drug-likeness (QED) is 0.692. The molecule has 1 N–H and O–H groups in total. The van der Waals surface area contributed by atoms with E-state index in [4.69, 9.17) is 0 Å². The highest BCUT2D eigenvalue weighted by molar-refractivity contribution is 7.17. The monoisotopic (exact) mass is 289 g/mol. The molecule has 0 unspecified atom stereocenters. The van der Waals surface area contributed by atoms with Crippen LogP contribution in [0.15, 0.2) is 40.5 Å². The van der Waals surface area contributed by atoms with E-state index in [-0.39, 0.29) is 18.0 Å². The number of carbonyl (C=O) groups excluding carboxylic acids is 1. The fraction of sp³-hybridized carbons (Fsp3) is 0.214. The van der Waals surface area contributed by atoms with Gasteiger partial charge in [-0.25, -0.2) is 4.98 Å². The Balaban J connectivity index is 2.15. The molecule has 20 heavy (non-hydrogen) atoms. The van der Waals surface area contributed by atoms with Gasteiger partial charge in [-0.3, -0.25) is 9.59 Å². The van der Waals surface area contributed by atoms with E-state index in [0.29, 0.717) is 16.0 Å². The number of H-pyrrole nitrogens is 1. The summed E-state index contributed by atoms with van der Waals surface area (Å²) in [5.74, 6) is 0.340. The van der Waals surface area contributed by atoms with Crippen LogP contribution in [0.2, 0.25) is 0 Å². The Morgan fingerprint density at radius 3 is 3.05 bits per heavy atom. The molecule has 0 atom stereocenters. The van der Waals surface area contributed by atoms with E-state index in [2.05, 4.69) is 9.97 Å². The van der Waals surface area contributed by atoms with E-state index in [1.165, 1.54) is 22.3 Å². The fourth-order valence-electron chi connectivity index (χ4n) is 1.68. The topological polar surface area (TPSA) is 66.1 Å². The van der Waals surface area contributed by atoms with Gasteiger partial charge in [0.25, 0.3) is 5.56 Å². The lowest BCUT2D eigenvalue weighted by Crippen LogP contribution is -2.26. The second kappa shape index (κ2) is 6.29. The molecule has 2 aromatic rings. The van der Waals surface area contributed by atoms with Crippen LogP contribution in [0.3, 0.4) is 0 Å². The summed E-state index contributed by atoms with van der Waals surface area (Å²) in [5.41, 5.74) is 0.504. The number of carbonyl (C=O) groups is 1. The van der Waals surface area contributed by atoms with E-state index < -0.39 is 0 Å². The van der Waals surface area contributed by atoms with Gasteiger partial charge in [-0.1, -0.05) is 18.2 Å². The maximum Gasteiger partial charge on any atom is 0.268 e. The number of likely N-dealkylation sites (N-methyl/N-ethyl adjacent to an activating group) is 1. The second-order valence-electron chi connectivity index (χ2n) is 4.23. The minimum absolute atomic E-state index is 0.142. The van der Waals surface area contributed by atoms with Gasteiger partial charge in [0.1, 0.15) is 10.5 Å². The Labute approximate surface area is 120 Å². The summed E-state index contributed by atoms with van der Waals surface area (Å²) in [4.78, 5) is 32.2. The molecule has 2 heterocycles. The van der Waals surface area contributed by atoms with E-state index in [1.807, 2.05) is 18.4 Å². The van der Waals surface area contributed by atoms with Gasteiger partial charge in [-0.15, -0.1) is 11.3 Å². The van der Waals surface area contributed by atoms with Crippen LogP contribution in [0.4, 0.5) is 0 Å². The smallest absolute Gasteiger partial charge is 0.268 e. The normalized spacial score (nSPS) is 11.7. The molecule has 0 aliphatic carbocycles. The van der Waals surface area contributed by atoms with Crippen molar-refractivity contribution >= 4 is 27.5 Å². The fourth-order valence-corrected chi connectivity index (χ4v) is 2.40. The second-order valence-corrected chi connectivity index (χ2v) is 5.14. The van der Waals surface area contributed by atoms with Crippen molar-refractivity contribution < 1.29 is 4.79 Å². The van der Waals surface area contributed by atoms with Gasteiger partial charge in [0, 0.05) is 13.1 Å². The van der Waals surface area contributed by atoms with E-state index in [1.54, 1.807) is 25.3 Å². The molecule has 1 amide bonds. The molecule has 0 aromatic carbocycles. The first-order valence-corrected chi connectivity index (χ1v) is 7.00. The Morgan fingerprint density at radius 1 is 1.50 bits per heavy atom. The molecule has 0 aliphatic heterocycles. The van der Waals surface area contributed by atoms with Gasteiger partial charge in [0.15, 0.2) is 0 Å². The van der Waals surface area contributed by atoms with Crippen LogP contribution >= 0.6 is 11.3 Å². The third kappa shape index (κ3) is 3.21. The number of fused-ring (bicyclic) bond motifs is 1. The number of amides is 1. The summed E-state index contributed by atoms with van der Waals surface area (Å²) >= 11 is 1.36. The molecule has 0 fully saturated rings. The van der Waals surface area contributed by atoms with Crippen LogP contribution in [0.25, 0.3) is 10.2 Å². The molecule has 0 bridgehead atoms. The lowest BCUT2D eigenvalue weighted by molar-refractivity contribution is -0.125. The number of nitrogens with one attached hydrogen (secondary N) is 1. The first kappa shape index (κ1) is 14.2. The highest BCUT2D eigenvalue weighted by Crippen LogP contribution is 2.13. The Hall–Kier alpha value is -2.21. The number of hydrogen-bond donors (Lipinski definition) is 1. The predicted octanol–water partition coefficient (Wildman–Crippen LogP) is 2.08. The summed E-state index contributed by atoms with van der Waals surface area (Å²) in [7, 11) is 1.67. The molecule has 6 heteroatoms. The Bertz CT molecular complexity index is 727. The van der Waals surface area contributed by atoms with Crippen LogP contribution in [0.5, 0.6) is 0 Å². The molecule has 0 radical (unpaired) electrons. The van der Waals surface area contributed by atoms with Crippen LogP contribution < -0.4 is 5.56 Å². The lowest BCUT2D eigenvalue weighted by atomic mass is 10.4. The Morgan fingerprint density at radius 2 is 2.30 bits per heavy atom. The largest absolute Gasteiger partial charge is 0.335 e. The third-order valence-electron chi connectivity index (χ3n) is 2.67. The summed E-state index contributed by atoms with van der Waals surface area (Å²) in [5, 5.41) is 1.82. The number of hydrogen-bond acceptors (Lipinski definition) is 4. The van der Waals surface area contributed by atoms with Crippen molar-refractivity contribution in [2.75, 3.05) is 7.05 Å². The van der Waals surface area contributed by atoms with Crippen LogP contribution in [0.1, 0.15) is 12.7 Å². The summed E-state index contributed by atoms with van der Waals surface area (Å²) in [6, 6.07) is 1.80. The van der Waals surface area contributed by atoms with E-state index >= 15 is 0 Å². The summed E-state index contributed by atoms with van der Waals surface area (Å²) in [6.45, 7) is 2.14. The lowest BCUT2D eigenvalue weighted by Gasteiger charge is -2.14. The molecule has 104 valence electrons. The highest BCUT2D eigenvalue weighted by atomic mass is 32.1. The maximum absolute atomic E-state index is 11.8. The standard InChI is InChI=1S/C14H15N3O2S/c1-3-4-5-6-12(18)17(2)9-11-15-10-7-8-20-13(10)14(19)16-11/h3-8H,9H2,1-2H3,(H,15,16,19)/b4-3+,6-5+. The SMILES string of the molecule is C/C=C/C=C/C(=O)N(C)Cc1nc2ccsc2c(=O)[nH]1. The van der Waals surface area contributed by atoms with E-state index in [0.717, 1.165) is 0 Å². The van der Waals surface area contributed by atoms with Crippen molar-refractivity contribution in [3.05, 3.63) is 51.9 Å². The van der Waals surface area contributed by atoms with Crippen LogP contribution in [-0.4, -0.2) is 27.8 Å². The van der Waals surface area contributed by atoms with Gasteiger partial charge in [-0.2, -0.15) is 0 Å². The van der Waals surface area contributed by atoms with Gasteiger partial charge >= 0.3 is 0 Å². The van der Waals surface area contributed by atoms with Crippen LogP contribution in [0, 0.1) is 0 Å². The minimum Gasteiger partial charge on any atom is -0.335 e. The average molecular weight is 289 g/mol. The van der Waals surface area contributed by atoms with Crippen molar-refractivity contribution in [1.82, 2.24) is 14.9 Å². The molecule has 0 spiro atoms. The zero-order valence-electron chi connectivity index (χ0n) is 11.3. The molecular formula is C14H15N3O2S. The van der Waals surface area contributed by atoms with Crippen molar-refractivity contribution in [3.63, 3.8) is 0 Å². The summed E-state index contributed by atoms with van der Waals surface area (Å²) in [6.07, 6.45) is 6.77. The number of thiophene rings is 1. The first-order valence-electron chi connectivity index (χ1n) is 6.12. The first-order chi connectivity index (χ1) is 9.61. The van der Waals surface area contributed by atoms with Crippen molar-refractivity contribution in [1.29, 1.82) is 0 Å². The predicted molar refractivity (Wildman–Crippen MR) is 80.7 cm³/mol. The molecule has 0 saturated carbocycles. The molecule has 0 aliphatic rings. The Kier molecular flexibility index (Phi) is 4.47. The third-order valence-corrected chi connectivity index (χ3v) is 3.57. The van der Waals surface area contributed by atoms with Gasteiger partial charge in [0.2, 0.25) is 5.91 Å². The molecule has 2 rings (SSSR count). The van der Waals surface area contributed by atoms with E-state index in [9.17, 15) is 9.59 Å². The van der Waals surface area contributed by atoms with Crippen molar-refractivity contribution in [2.24, 2.45) is 0 Å². The number of aromatic nitrogens is 2. The average Bonchev–Trinajstić information content (AvgIpc) is 2.87. The summed E-state index contributed by atoms with van der Waals surface area (Å²) < 4.78 is 0.607. The maximum atomic E-state index is 11.8. The number of allylic oxidation sites excluding steroid dienone is 3. The number of rotatable bonds is 4. The van der Waals surface area contributed by atoms with Gasteiger partial charge < -0.3 is 9.88 Å². The van der Waals surface area contributed by atoms with Crippen molar-refractivity contribution in [3.8, 4) is 0 Å². The zero-order chi connectivity index (χ0) is 14.5. The van der Waals surface area contributed by atoms with Gasteiger partial charge in [-0.05, 0) is 18.4 Å². The molecule has 2 aromatic heterocycles.